The number of hydrogen-bond donors (Lipinski definition) is 1. The van der Waals surface area contributed by atoms with Crippen molar-refractivity contribution in [2.75, 3.05) is 0 Å². The SMILES string of the molecule is CC1(C)OC(=O)CC1(N)c1ccccc1. The minimum absolute atomic E-state index is 0.230. The van der Waals surface area contributed by atoms with Gasteiger partial charge in [-0.15, -0.1) is 0 Å². The molecule has 1 aromatic carbocycles. The third-order valence-electron chi connectivity index (χ3n) is 3.16. The summed E-state index contributed by atoms with van der Waals surface area (Å²) in [6, 6.07) is 9.64. The van der Waals surface area contributed by atoms with E-state index in [1.165, 1.54) is 0 Å². The Hall–Kier alpha value is -1.35. The van der Waals surface area contributed by atoms with Gasteiger partial charge < -0.3 is 10.5 Å². The molecule has 0 spiro atoms. The summed E-state index contributed by atoms with van der Waals surface area (Å²) in [6.07, 6.45) is 0.240. The molecule has 0 aliphatic carbocycles. The fourth-order valence-electron chi connectivity index (χ4n) is 2.04. The van der Waals surface area contributed by atoms with Gasteiger partial charge in [-0.25, -0.2) is 0 Å². The Kier molecular flexibility index (Phi) is 2.08. The molecule has 3 nitrogen and oxygen atoms in total. The summed E-state index contributed by atoms with van der Waals surface area (Å²) in [7, 11) is 0. The maximum Gasteiger partial charge on any atom is 0.308 e. The average Bonchev–Trinajstić information content (AvgIpc) is 2.38. The van der Waals surface area contributed by atoms with Crippen molar-refractivity contribution in [3.8, 4) is 0 Å². The summed E-state index contributed by atoms with van der Waals surface area (Å²) < 4.78 is 5.25. The molecule has 80 valence electrons. The third-order valence-corrected chi connectivity index (χ3v) is 3.16. The van der Waals surface area contributed by atoms with Crippen molar-refractivity contribution < 1.29 is 9.53 Å². The van der Waals surface area contributed by atoms with Crippen molar-refractivity contribution in [2.45, 2.75) is 31.4 Å². The first kappa shape index (κ1) is 10.2. The summed E-state index contributed by atoms with van der Waals surface area (Å²) in [4.78, 5) is 11.3. The normalized spacial score (nSPS) is 28.9. The molecule has 0 aromatic heterocycles. The molecule has 1 aromatic rings. The smallest absolute Gasteiger partial charge is 0.308 e. The number of carbonyl (C=O) groups excluding carboxylic acids is 1. The zero-order valence-electron chi connectivity index (χ0n) is 8.99. The lowest BCUT2D eigenvalue weighted by molar-refractivity contribution is -0.147. The van der Waals surface area contributed by atoms with E-state index < -0.39 is 11.1 Å². The molecule has 1 aliphatic heterocycles. The predicted octanol–water partition coefficient (Wildman–Crippen LogP) is 1.57. The standard InChI is InChI=1S/C12H15NO2/c1-11(2)12(13,8-10(14)15-11)9-6-4-3-5-7-9/h3-7H,8,13H2,1-2H3. The molecule has 1 unspecified atom stereocenters. The maximum atomic E-state index is 11.3. The minimum Gasteiger partial charge on any atom is -0.457 e. The van der Waals surface area contributed by atoms with Crippen LogP contribution in [0.15, 0.2) is 30.3 Å². The van der Waals surface area contributed by atoms with Crippen molar-refractivity contribution in [3.63, 3.8) is 0 Å². The first-order chi connectivity index (χ1) is 6.96. The van der Waals surface area contributed by atoms with E-state index in [2.05, 4.69) is 0 Å². The van der Waals surface area contributed by atoms with Gasteiger partial charge >= 0.3 is 5.97 Å². The molecule has 0 saturated carbocycles. The van der Waals surface area contributed by atoms with Crippen LogP contribution in [-0.4, -0.2) is 11.6 Å². The molecule has 1 heterocycles. The highest BCUT2D eigenvalue weighted by Crippen LogP contribution is 2.41. The van der Waals surface area contributed by atoms with Crippen LogP contribution in [0.25, 0.3) is 0 Å². The lowest BCUT2D eigenvalue weighted by Crippen LogP contribution is -2.51. The fourth-order valence-corrected chi connectivity index (χ4v) is 2.04. The summed E-state index contributed by atoms with van der Waals surface area (Å²) in [5, 5.41) is 0. The van der Waals surface area contributed by atoms with Crippen molar-refractivity contribution in [1.82, 2.24) is 0 Å². The van der Waals surface area contributed by atoms with Crippen LogP contribution in [0.4, 0.5) is 0 Å². The first-order valence-corrected chi connectivity index (χ1v) is 5.02. The van der Waals surface area contributed by atoms with Crippen LogP contribution in [0.2, 0.25) is 0 Å². The number of rotatable bonds is 1. The number of benzene rings is 1. The number of hydrogen-bond acceptors (Lipinski definition) is 3. The van der Waals surface area contributed by atoms with Gasteiger partial charge in [0.1, 0.15) is 5.60 Å². The molecule has 2 rings (SSSR count). The van der Waals surface area contributed by atoms with Gasteiger partial charge in [-0.05, 0) is 19.4 Å². The second kappa shape index (κ2) is 3.07. The van der Waals surface area contributed by atoms with Gasteiger partial charge in [0.25, 0.3) is 0 Å². The molecule has 1 fully saturated rings. The molecule has 0 amide bonds. The lowest BCUT2D eigenvalue weighted by atomic mass is 9.77. The van der Waals surface area contributed by atoms with E-state index in [0.717, 1.165) is 5.56 Å². The van der Waals surface area contributed by atoms with Gasteiger partial charge in [0.15, 0.2) is 0 Å². The lowest BCUT2D eigenvalue weighted by Gasteiger charge is -2.35. The molecule has 1 atom stereocenters. The molecule has 1 saturated heterocycles. The molecule has 15 heavy (non-hydrogen) atoms. The fraction of sp³-hybridized carbons (Fsp3) is 0.417. The highest BCUT2D eigenvalue weighted by Gasteiger charge is 2.53. The summed E-state index contributed by atoms with van der Waals surface area (Å²) >= 11 is 0. The summed E-state index contributed by atoms with van der Waals surface area (Å²) in [6.45, 7) is 3.70. The van der Waals surface area contributed by atoms with Gasteiger partial charge in [0.05, 0.1) is 12.0 Å². The average molecular weight is 205 g/mol. The van der Waals surface area contributed by atoms with Crippen LogP contribution >= 0.6 is 0 Å². The van der Waals surface area contributed by atoms with E-state index >= 15 is 0 Å². The summed E-state index contributed by atoms with van der Waals surface area (Å²) in [5.41, 5.74) is 5.88. The van der Waals surface area contributed by atoms with E-state index in [1.54, 1.807) is 0 Å². The molecule has 0 bridgehead atoms. The van der Waals surface area contributed by atoms with E-state index in [9.17, 15) is 4.79 Å². The Labute approximate surface area is 89.2 Å². The topological polar surface area (TPSA) is 52.3 Å². The van der Waals surface area contributed by atoms with E-state index in [1.807, 2.05) is 44.2 Å². The van der Waals surface area contributed by atoms with Crippen LogP contribution < -0.4 is 5.73 Å². The van der Waals surface area contributed by atoms with E-state index in [4.69, 9.17) is 10.5 Å². The molecule has 2 N–H and O–H groups in total. The summed E-state index contributed by atoms with van der Waals surface area (Å²) in [5.74, 6) is -0.230. The van der Waals surface area contributed by atoms with Gasteiger partial charge in [0, 0.05) is 0 Å². The number of nitrogens with two attached hydrogens (primary N) is 1. The van der Waals surface area contributed by atoms with Crippen molar-refractivity contribution >= 4 is 5.97 Å². The molecule has 1 aliphatic rings. The first-order valence-electron chi connectivity index (χ1n) is 5.02. The number of cyclic esters (lactones) is 1. The molecular formula is C12H15NO2. The monoisotopic (exact) mass is 205 g/mol. The van der Waals surface area contributed by atoms with Crippen LogP contribution in [0, 0.1) is 0 Å². The van der Waals surface area contributed by atoms with Crippen molar-refractivity contribution in [1.29, 1.82) is 0 Å². The number of esters is 1. The Morgan fingerprint density at radius 1 is 1.27 bits per heavy atom. The predicted molar refractivity (Wildman–Crippen MR) is 57.1 cm³/mol. The van der Waals surface area contributed by atoms with Gasteiger partial charge in [-0.3, -0.25) is 4.79 Å². The van der Waals surface area contributed by atoms with Gasteiger partial charge in [-0.1, -0.05) is 30.3 Å². The Morgan fingerprint density at radius 3 is 2.33 bits per heavy atom. The molecular weight excluding hydrogens is 190 g/mol. The van der Waals surface area contributed by atoms with Crippen molar-refractivity contribution in [3.05, 3.63) is 35.9 Å². The minimum atomic E-state index is -0.717. The van der Waals surface area contributed by atoms with Crippen LogP contribution in [0.1, 0.15) is 25.8 Å². The highest BCUT2D eigenvalue weighted by atomic mass is 16.6. The van der Waals surface area contributed by atoms with Crippen LogP contribution in [0.3, 0.4) is 0 Å². The van der Waals surface area contributed by atoms with Crippen molar-refractivity contribution in [2.24, 2.45) is 5.73 Å². The number of ether oxygens (including phenoxy) is 1. The quantitative estimate of drug-likeness (QED) is 0.708. The Bertz CT molecular complexity index is 386. The van der Waals surface area contributed by atoms with E-state index in [-0.39, 0.29) is 12.4 Å². The molecule has 0 radical (unpaired) electrons. The Balaban J connectivity index is 2.47. The third kappa shape index (κ3) is 1.43. The largest absolute Gasteiger partial charge is 0.457 e. The number of carbonyl (C=O) groups is 1. The van der Waals surface area contributed by atoms with Crippen LogP contribution in [0.5, 0.6) is 0 Å². The zero-order valence-corrected chi connectivity index (χ0v) is 8.99. The zero-order chi connectivity index (χ0) is 11.1. The maximum absolute atomic E-state index is 11.3. The van der Waals surface area contributed by atoms with E-state index in [0.29, 0.717) is 0 Å². The highest BCUT2D eigenvalue weighted by molar-refractivity contribution is 5.75. The van der Waals surface area contributed by atoms with Crippen LogP contribution in [-0.2, 0) is 15.1 Å². The van der Waals surface area contributed by atoms with Gasteiger partial charge in [0.2, 0.25) is 0 Å². The molecule has 3 heteroatoms. The second-order valence-electron chi connectivity index (χ2n) is 4.50. The second-order valence-corrected chi connectivity index (χ2v) is 4.50. The Morgan fingerprint density at radius 2 is 1.87 bits per heavy atom. The van der Waals surface area contributed by atoms with Gasteiger partial charge in [-0.2, -0.15) is 0 Å².